The minimum atomic E-state index is -4.26. The van der Waals surface area contributed by atoms with Crippen LogP contribution in [0.4, 0.5) is 0 Å². The molecule has 0 aliphatic heterocycles. The van der Waals surface area contributed by atoms with E-state index in [2.05, 4.69) is 0 Å². The summed E-state index contributed by atoms with van der Waals surface area (Å²) in [6, 6.07) is 5.21. The maximum absolute atomic E-state index is 12.5. The third-order valence-electron chi connectivity index (χ3n) is 3.59. The van der Waals surface area contributed by atoms with Gasteiger partial charge < -0.3 is 0 Å². The first-order chi connectivity index (χ1) is 10.8. The number of rotatable bonds is 4. The molecule has 0 spiro atoms. The first-order valence-corrected chi connectivity index (χ1v) is 9.00. The molecule has 1 saturated carbocycles. The summed E-state index contributed by atoms with van der Waals surface area (Å²) in [5.41, 5.74) is -0.621. The van der Waals surface area contributed by atoms with E-state index in [0.29, 0.717) is 6.42 Å². The molecule has 0 atom stereocenters. The van der Waals surface area contributed by atoms with E-state index >= 15 is 0 Å². The number of benzene rings is 1. The average molecular weight is 357 g/mol. The maximum Gasteiger partial charge on any atom is 0.278 e. The minimum absolute atomic E-state index is 0.109. The van der Waals surface area contributed by atoms with Crippen molar-refractivity contribution in [3.05, 3.63) is 35.4 Å². The molecule has 1 aromatic rings. The second kappa shape index (κ2) is 6.72. The molecule has 2 rings (SSSR count). The molecule has 0 radical (unpaired) electrons. The highest BCUT2D eigenvalue weighted by Gasteiger charge is 2.38. The lowest BCUT2D eigenvalue weighted by molar-refractivity contribution is -0.133. The van der Waals surface area contributed by atoms with Crippen LogP contribution in [0.1, 0.15) is 40.0 Å². The molecule has 0 aromatic heterocycles. The molecular formula is C15H13ClO6S. The third-order valence-corrected chi connectivity index (χ3v) is 5.53. The third kappa shape index (κ3) is 3.40. The number of carbonyl (C=O) groups excluding carboxylic acids is 4. The SMILES string of the molecule is O=C1CCCC(=O)C1C(=O)c1ccccc1C(=O)S(=O)(=O)CCl. The van der Waals surface area contributed by atoms with Gasteiger partial charge in [0.15, 0.2) is 17.3 Å². The van der Waals surface area contributed by atoms with Crippen LogP contribution in [-0.4, -0.2) is 36.1 Å². The molecular weight excluding hydrogens is 344 g/mol. The Morgan fingerprint density at radius 3 is 2.09 bits per heavy atom. The van der Waals surface area contributed by atoms with Gasteiger partial charge in [-0.05, 0) is 12.5 Å². The monoisotopic (exact) mass is 356 g/mol. The van der Waals surface area contributed by atoms with Crippen molar-refractivity contribution in [1.82, 2.24) is 0 Å². The number of Topliss-reactive ketones (excluding diaryl/α,β-unsaturated/α-hetero) is 3. The average Bonchev–Trinajstić information content (AvgIpc) is 2.53. The molecule has 6 nitrogen and oxygen atoms in total. The molecule has 0 heterocycles. The van der Waals surface area contributed by atoms with Crippen LogP contribution in [-0.2, 0) is 19.4 Å². The summed E-state index contributed by atoms with van der Waals surface area (Å²) in [6.45, 7) is 0. The molecule has 0 amide bonds. The van der Waals surface area contributed by atoms with Gasteiger partial charge >= 0.3 is 0 Å². The van der Waals surface area contributed by atoms with Crippen molar-refractivity contribution in [2.75, 3.05) is 5.21 Å². The van der Waals surface area contributed by atoms with E-state index in [1.165, 1.54) is 18.2 Å². The van der Waals surface area contributed by atoms with Crippen molar-refractivity contribution >= 4 is 43.9 Å². The van der Waals surface area contributed by atoms with E-state index in [4.69, 9.17) is 11.6 Å². The highest BCUT2D eigenvalue weighted by atomic mass is 35.5. The van der Waals surface area contributed by atoms with Gasteiger partial charge in [0.25, 0.3) is 5.12 Å². The van der Waals surface area contributed by atoms with Crippen molar-refractivity contribution in [2.24, 2.45) is 5.92 Å². The van der Waals surface area contributed by atoms with Gasteiger partial charge in [0, 0.05) is 24.0 Å². The van der Waals surface area contributed by atoms with Crippen LogP contribution in [0.25, 0.3) is 0 Å². The highest BCUT2D eigenvalue weighted by molar-refractivity contribution is 8.07. The Bertz CT molecular complexity index is 780. The van der Waals surface area contributed by atoms with Crippen LogP contribution in [0, 0.1) is 5.92 Å². The van der Waals surface area contributed by atoms with Crippen LogP contribution in [0.2, 0.25) is 0 Å². The number of halogens is 1. The molecule has 1 aliphatic carbocycles. The number of sulfone groups is 1. The first-order valence-electron chi connectivity index (χ1n) is 6.81. The fraction of sp³-hybridized carbons (Fsp3) is 0.333. The number of alkyl halides is 1. The van der Waals surface area contributed by atoms with Crippen molar-refractivity contribution < 1.29 is 27.6 Å². The Morgan fingerprint density at radius 1 is 1.04 bits per heavy atom. The van der Waals surface area contributed by atoms with Gasteiger partial charge in [-0.3, -0.25) is 19.2 Å². The van der Waals surface area contributed by atoms with E-state index in [9.17, 15) is 27.6 Å². The Hall–Kier alpha value is -1.86. The highest BCUT2D eigenvalue weighted by Crippen LogP contribution is 2.24. The zero-order chi connectivity index (χ0) is 17.2. The number of carbonyl (C=O) groups is 4. The van der Waals surface area contributed by atoms with Crippen LogP contribution < -0.4 is 0 Å². The molecule has 1 aliphatic rings. The number of ketones is 3. The van der Waals surface area contributed by atoms with Crippen molar-refractivity contribution in [3.63, 3.8) is 0 Å². The fourth-order valence-corrected chi connectivity index (χ4v) is 3.36. The zero-order valence-electron chi connectivity index (χ0n) is 12.0. The summed E-state index contributed by atoms with van der Waals surface area (Å²) in [4.78, 5) is 48.4. The predicted octanol–water partition coefficient (Wildman–Crippen LogP) is 1.56. The summed E-state index contributed by atoms with van der Waals surface area (Å²) in [6.07, 6.45) is 0.610. The number of hydrogen-bond acceptors (Lipinski definition) is 6. The topological polar surface area (TPSA) is 102 Å². The standard InChI is InChI=1S/C15H13ClO6S/c16-8-23(21,22)15(20)10-5-2-1-4-9(10)14(19)13-11(17)6-3-7-12(13)18/h1-2,4-5,13H,3,6-8H2. The van der Waals surface area contributed by atoms with E-state index in [1.807, 2.05) is 0 Å². The van der Waals surface area contributed by atoms with Crippen molar-refractivity contribution in [3.8, 4) is 0 Å². The molecule has 122 valence electrons. The van der Waals surface area contributed by atoms with E-state index < -0.39 is 43.4 Å². The Kier molecular flexibility index (Phi) is 5.11. The summed E-state index contributed by atoms with van der Waals surface area (Å²) in [7, 11) is -4.26. The van der Waals surface area contributed by atoms with Gasteiger partial charge in [0.1, 0.15) is 11.1 Å². The van der Waals surface area contributed by atoms with Gasteiger partial charge in [0.05, 0.1) is 0 Å². The molecule has 0 N–H and O–H groups in total. The summed E-state index contributed by atoms with van der Waals surface area (Å²) >= 11 is 5.26. The van der Waals surface area contributed by atoms with Gasteiger partial charge in [-0.25, -0.2) is 8.42 Å². The second-order valence-electron chi connectivity index (χ2n) is 5.14. The zero-order valence-corrected chi connectivity index (χ0v) is 13.5. The largest absolute Gasteiger partial charge is 0.298 e. The van der Waals surface area contributed by atoms with Gasteiger partial charge in [0.2, 0.25) is 9.84 Å². The summed E-state index contributed by atoms with van der Waals surface area (Å²) in [5.74, 6) is -3.31. The second-order valence-corrected chi connectivity index (χ2v) is 7.61. The molecule has 0 bridgehead atoms. The van der Waals surface area contributed by atoms with Gasteiger partial charge in [-0.1, -0.05) is 18.2 Å². The molecule has 1 aromatic carbocycles. The smallest absolute Gasteiger partial charge is 0.278 e. The van der Waals surface area contributed by atoms with Crippen LogP contribution in [0.15, 0.2) is 24.3 Å². The summed E-state index contributed by atoms with van der Waals surface area (Å²) < 4.78 is 23.3. The fourth-order valence-electron chi connectivity index (χ4n) is 2.45. The Morgan fingerprint density at radius 2 is 1.57 bits per heavy atom. The lowest BCUT2D eigenvalue weighted by Gasteiger charge is -2.19. The predicted molar refractivity (Wildman–Crippen MR) is 82.1 cm³/mol. The van der Waals surface area contributed by atoms with Crippen LogP contribution >= 0.6 is 11.6 Å². The van der Waals surface area contributed by atoms with Crippen LogP contribution in [0.3, 0.4) is 0 Å². The lowest BCUT2D eigenvalue weighted by Crippen LogP contribution is -2.36. The lowest BCUT2D eigenvalue weighted by atomic mass is 9.81. The van der Waals surface area contributed by atoms with Crippen molar-refractivity contribution in [1.29, 1.82) is 0 Å². The van der Waals surface area contributed by atoms with E-state index in [0.717, 1.165) is 6.07 Å². The molecule has 0 unspecified atom stereocenters. The maximum atomic E-state index is 12.5. The van der Waals surface area contributed by atoms with Crippen molar-refractivity contribution in [2.45, 2.75) is 19.3 Å². The first kappa shape index (κ1) is 17.5. The quantitative estimate of drug-likeness (QED) is 0.461. The normalized spacial score (nSPS) is 16.4. The van der Waals surface area contributed by atoms with Gasteiger partial charge in [-0.15, -0.1) is 11.6 Å². The molecule has 1 fully saturated rings. The molecule has 8 heteroatoms. The Labute approximate surface area is 137 Å². The Balaban J connectivity index is 2.49. The van der Waals surface area contributed by atoms with E-state index in [-0.39, 0.29) is 24.0 Å². The number of hydrogen-bond donors (Lipinski definition) is 0. The van der Waals surface area contributed by atoms with Gasteiger partial charge in [-0.2, -0.15) is 0 Å². The van der Waals surface area contributed by atoms with Crippen LogP contribution in [0.5, 0.6) is 0 Å². The minimum Gasteiger partial charge on any atom is -0.298 e. The molecule has 0 saturated heterocycles. The summed E-state index contributed by atoms with van der Waals surface area (Å²) in [5, 5.41) is -2.22. The van der Waals surface area contributed by atoms with E-state index in [1.54, 1.807) is 0 Å². The molecule has 23 heavy (non-hydrogen) atoms.